The highest BCUT2D eigenvalue weighted by Gasteiger charge is 2.10. The van der Waals surface area contributed by atoms with Crippen molar-refractivity contribution in [1.82, 2.24) is 20.0 Å². The monoisotopic (exact) mass is 477 g/mol. The third kappa shape index (κ3) is 7.11. The van der Waals surface area contributed by atoms with E-state index in [0.717, 1.165) is 23.8 Å². The molecule has 0 bridgehead atoms. The topological polar surface area (TPSA) is 54.7 Å². The predicted octanol–water partition coefficient (Wildman–Crippen LogP) is 3.17. The average Bonchev–Trinajstić information content (AvgIpc) is 2.95. The fourth-order valence-corrected chi connectivity index (χ4v) is 2.44. The minimum absolute atomic E-state index is 0. The van der Waals surface area contributed by atoms with Gasteiger partial charge in [-0.3, -0.25) is 9.67 Å². The van der Waals surface area contributed by atoms with Crippen LogP contribution in [0, 0.1) is 0 Å². The third-order valence-electron chi connectivity index (χ3n) is 3.45. The molecule has 1 aromatic heterocycles. The van der Waals surface area contributed by atoms with Gasteiger partial charge in [-0.15, -0.1) is 24.0 Å². The normalized spacial score (nSPS) is 12.3. The summed E-state index contributed by atoms with van der Waals surface area (Å²) in [6.45, 7) is 3.39. The van der Waals surface area contributed by atoms with Gasteiger partial charge < -0.3 is 15.0 Å². The van der Waals surface area contributed by atoms with E-state index in [1.807, 2.05) is 62.6 Å². The number of aryl methyl sites for hydroxylation is 1. The minimum Gasteiger partial charge on any atom is -0.489 e. The highest BCUT2D eigenvalue weighted by atomic mass is 127. The maximum absolute atomic E-state index is 5.88. The van der Waals surface area contributed by atoms with Crippen LogP contribution in [0.1, 0.15) is 12.5 Å². The van der Waals surface area contributed by atoms with Crippen molar-refractivity contribution < 1.29 is 4.74 Å². The first-order valence-electron chi connectivity index (χ1n) is 7.79. The first kappa shape index (κ1) is 21.6. The molecule has 1 atom stereocenters. The molecular weight excluding hydrogens is 453 g/mol. The summed E-state index contributed by atoms with van der Waals surface area (Å²) < 4.78 is 7.65. The summed E-state index contributed by atoms with van der Waals surface area (Å²) in [7, 11) is 5.67. The van der Waals surface area contributed by atoms with Gasteiger partial charge in [-0.05, 0) is 31.2 Å². The molecule has 0 amide bonds. The van der Waals surface area contributed by atoms with Crippen LogP contribution in [0.5, 0.6) is 5.75 Å². The van der Waals surface area contributed by atoms with E-state index in [4.69, 9.17) is 16.3 Å². The number of nitrogens with zero attached hydrogens (tertiary/aromatic N) is 4. The summed E-state index contributed by atoms with van der Waals surface area (Å²) in [5.74, 6) is 1.61. The van der Waals surface area contributed by atoms with Crippen LogP contribution in [0.2, 0.25) is 5.02 Å². The van der Waals surface area contributed by atoms with E-state index in [1.54, 1.807) is 11.7 Å². The zero-order valence-electron chi connectivity index (χ0n) is 14.9. The number of halogens is 2. The zero-order chi connectivity index (χ0) is 17.5. The van der Waals surface area contributed by atoms with E-state index < -0.39 is 0 Å². The molecule has 0 aliphatic heterocycles. The van der Waals surface area contributed by atoms with Gasteiger partial charge in [-0.25, -0.2) is 0 Å². The molecule has 1 N–H and O–H groups in total. The maximum atomic E-state index is 5.88. The van der Waals surface area contributed by atoms with Crippen LogP contribution >= 0.6 is 35.6 Å². The fraction of sp³-hybridized carbons (Fsp3) is 0.412. The van der Waals surface area contributed by atoms with Gasteiger partial charge in [0.1, 0.15) is 11.9 Å². The van der Waals surface area contributed by atoms with Crippen molar-refractivity contribution in [3.05, 3.63) is 47.2 Å². The quantitative estimate of drug-likeness (QED) is 0.394. The number of guanidine groups is 1. The summed E-state index contributed by atoms with van der Waals surface area (Å²) in [6, 6.07) is 7.36. The Morgan fingerprint density at radius 1 is 1.40 bits per heavy atom. The van der Waals surface area contributed by atoms with Crippen molar-refractivity contribution in [3.63, 3.8) is 0 Å². The summed E-state index contributed by atoms with van der Waals surface area (Å²) in [5.41, 5.74) is 1.13. The molecule has 0 saturated heterocycles. The van der Waals surface area contributed by atoms with E-state index >= 15 is 0 Å². The molecule has 1 heterocycles. The Kier molecular flexibility index (Phi) is 9.05. The van der Waals surface area contributed by atoms with Crippen LogP contribution in [0.15, 0.2) is 41.7 Å². The van der Waals surface area contributed by atoms with E-state index in [0.29, 0.717) is 11.6 Å². The van der Waals surface area contributed by atoms with Crippen molar-refractivity contribution in [3.8, 4) is 5.75 Å². The second-order valence-electron chi connectivity index (χ2n) is 5.69. The fourth-order valence-electron chi connectivity index (χ4n) is 2.31. The van der Waals surface area contributed by atoms with Crippen molar-refractivity contribution in [2.45, 2.75) is 19.6 Å². The Labute approximate surface area is 171 Å². The largest absolute Gasteiger partial charge is 0.489 e. The number of nitrogens with one attached hydrogen (secondary N) is 1. The lowest BCUT2D eigenvalue weighted by Crippen LogP contribution is -2.42. The van der Waals surface area contributed by atoms with Crippen molar-refractivity contribution in [1.29, 1.82) is 0 Å². The molecule has 0 aliphatic rings. The number of rotatable bonds is 6. The number of benzene rings is 1. The molecule has 138 valence electrons. The van der Waals surface area contributed by atoms with Gasteiger partial charge in [-0.1, -0.05) is 11.6 Å². The van der Waals surface area contributed by atoms with Crippen LogP contribution in [-0.2, 0) is 13.6 Å². The SMILES string of the molecule is CN=C(NCC(C)Oc1ccc(Cl)cc1)N(C)Cc1cnn(C)c1.I. The minimum atomic E-state index is -0.00489. The second kappa shape index (κ2) is 10.5. The van der Waals surface area contributed by atoms with Crippen LogP contribution in [0.3, 0.4) is 0 Å². The zero-order valence-corrected chi connectivity index (χ0v) is 18.0. The molecule has 0 radical (unpaired) electrons. The van der Waals surface area contributed by atoms with E-state index in [9.17, 15) is 0 Å². The Balaban J connectivity index is 0.00000312. The van der Waals surface area contributed by atoms with E-state index in [2.05, 4.69) is 15.4 Å². The molecule has 0 aliphatic carbocycles. The van der Waals surface area contributed by atoms with Crippen LogP contribution in [0.4, 0.5) is 0 Å². The van der Waals surface area contributed by atoms with Crippen molar-refractivity contribution >= 4 is 41.5 Å². The van der Waals surface area contributed by atoms with Gasteiger partial charge in [0.2, 0.25) is 0 Å². The standard InChI is InChI=1S/C17H24ClN5O.HI/c1-13(24-16-7-5-15(18)6-8-16)9-20-17(19-2)22(3)11-14-10-21-23(4)12-14;/h5-8,10,12-13H,9,11H2,1-4H3,(H,19,20);1H. The second-order valence-corrected chi connectivity index (χ2v) is 6.13. The summed E-state index contributed by atoms with van der Waals surface area (Å²) in [4.78, 5) is 6.36. The van der Waals surface area contributed by atoms with E-state index in [-0.39, 0.29) is 30.1 Å². The molecule has 0 spiro atoms. The molecule has 2 aromatic rings. The van der Waals surface area contributed by atoms with Gasteiger partial charge in [0.15, 0.2) is 5.96 Å². The first-order valence-corrected chi connectivity index (χ1v) is 8.17. The number of hydrogen-bond donors (Lipinski definition) is 1. The first-order chi connectivity index (χ1) is 11.5. The van der Waals surface area contributed by atoms with Crippen LogP contribution in [-0.4, -0.2) is 47.4 Å². The molecule has 0 fully saturated rings. The number of ether oxygens (including phenoxy) is 1. The third-order valence-corrected chi connectivity index (χ3v) is 3.70. The highest BCUT2D eigenvalue weighted by Crippen LogP contribution is 2.16. The molecule has 0 saturated carbocycles. The smallest absolute Gasteiger partial charge is 0.193 e. The lowest BCUT2D eigenvalue weighted by molar-refractivity contribution is 0.222. The Bertz CT molecular complexity index is 674. The Morgan fingerprint density at radius 2 is 2.08 bits per heavy atom. The number of aromatic nitrogens is 2. The Hall–Kier alpha value is -1.48. The summed E-state index contributed by atoms with van der Waals surface area (Å²) in [5, 5.41) is 8.21. The number of hydrogen-bond acceptors (Lipinski definition) is 3. The van der Waals surface area contributed by atoms with Crippen molar-refractivity contribution in [2.75, 3.05) is 20.6 Å². The lowest BCUT2D eigenvalue weighted by atomic mass is 10.3. The average molecular weight is 478 g/mol. The molecule has 1 unspecified atom stereocenters. The van der Waals surface area contributed by atoms with Crippen molar-refractivity contribution in [2.24, 2.45) is 12.0 Å². The van der Waals surface area contributed by atoms with Crippen LogP contribution in [0.25, 0.3) is 0 Å². The Morgan fingerprint density at radius 3 is 2.64 bits per heavy atom. The van der Waals surface area contributed by atoms with E-state index in [1.165, 1.54) is 0 Å². The predicted molar refractivity (Wildman–Crippen MR) is 113 cm³/mol. The lowest BCUT2D eigenvalue weighted by Gasteiger charge is -2.23. The van der Waals surface area contributed by atoms with Gasteiger partial charge in [-0.2, -0.15) is 5.10 Å². The molecule has 1 aromatic carbocycles. The van der Waals surface area contributed by atoms with Crippen LogP contribution < -0.4 is 10.1 Å². The summed E-state index contributed by atoms with van der Waals surface area (Å²) in [6.07, 6.45) is 3.85. The van der Waals surface area contributed by atoms with Gasteiger partial charge in [0.05, 0.1) is 12.7 Å². The molecule has 8 heteroatoms. The molecule has 25 heavy (non-hydrogen) atoms. The number of aliphatic imine (C=N–C) groups is 1. The molecular formula is C17H25ClIN5O. The van der Waals surface area contributed by atoms with Gasteiger partial charge in [0, 0.05) is 44.5 Å². The molecule has 6 nitrogen and oxygen atoms in total. The summed E-state index contributed by atoms with van der Waals surface area (Å²) >= 11 is 5.88. The maximum Gasteiger partial charge on any atom is 0.193 e. The molecule has 2 rings (SSSR count). The highest BCUT2D eigenvalue weighted by molar-refractivity contribution is 14.0. The van der Waals surface area contributed by atoms with Gasteiger partial charge >= 0.3 is 0 Å². The van der Waals surface area contributed by atoms with Gasteiger partial charge in [0.25, 0.3) is 0 Å².